The molecule has 0 unspecified atom stereocenters. The molecule has 0 fully saturated rings. The summed E-state index contributed by atoms with van der Waals surface area (Å²) >= 11 is 0. The van der Waals surface area contributed by atoms with Crippen molar-refractivity contribution in [3.63, 3.8) is 0 Å². The molecule has 2 N–H and O–H groups in total. The van der Waals surface area contributed by atoms with Crippen LogP contribution in [0.2, 0.25) is 0 Å². The molecule has 1 aliphatic carbocycles. The zero-order valence-electron chi connectivity index (χ0n) is 11.9. The number of nitrogens with one attached hydrogen (secondary N) is 1. The Balaban J connectivity index is 1.86. The number of carbonyl (C=O) groups excluding carboxylic acids is 2. The van der Waals surface area contributed by atoms with E-state index in [1.165, 1.54) is 0 Å². The maximum Gasteiger partial charge on any atom is 0.216 e. The molecule has 0 bridgehead atoms. The van der Waals surface area contributed by atoms with E-state index in [0.29, 0.717) is 16.7 Å². The van der Waals surface area contributed by atoms with Gasteiger partial charge in [-0.15, -0.1) is 0 Å². The third-order valence-corrected chi connectivity index (χ3v) is 4.53. The van der Waals surface area contributed by atoms with E-state index in [2.05, 4.69) is 5.32 Å². The Morgan fingerprint density at radius 2 is 1.68 bits per heavy atom. The molecule has 0 atom stereocenters. The van der Waals surface area contributed by atoms with Crippen LogP contribution in [0.3, 0.4) is 0 Å². The lowest BCUT2D eigenvalue weighted by Crippen LogP contribution is -2.38. The molecule has 0 amide bonds. The monoisotopic (exact) mass is 293 g/mol. The summed E-state index contributed by atoms with van der Waals surface area (Å²) in [7, 11) is 0. The van der Waals surface area contributed by atoms with Gasteiger partial charge in [0.15, 0.2) is 0 Å². The molecule has 4 heteroatoms. The van der Waals surface area contributed by atoms with Gasteiger partial charge in [0.05, 0.1) is 0 Å². The van der Waals surface area contributed by atoms with Crippen molar-refractivity contribution in [1.29, 1.82) is 0 Å². The highest BCUT2D eigenvalue weighted by Gasteiger charge is 2.53. The van der Waals surface area contributed by atoms with Gasteiger partial charge in [-0.1, -0.05) is 30.3 Å². The summed E-state index contributed by atoms with van der Waals surface area (Å²) in [6.45, 7) is 0.917. The van der Waals surface area contributed by atoms with Crippen molar-refractivity contribution < 1.29 is 14.7 Å². The van der Waals surface area contributed by atoms with E-state index < -0.39 is 17.2 Å². The summed E-state index contributed by atoms with van der Waals surface area (Å²) < 4.78 is 0. The summed E-state index contributed by atoms with van der Waals surface area (Å²) in [5, 5.41) is 14.2. The second-order valence-corrected chi connectivity index (χ2v) is 5.82. The number of rotatable bonds is 1. The van der Waals surface area contributed by atoms with Crippen molar-refractivity contribution in [3.05, 3.63) is 64.7 Å². The molecule has 2 aliphatic rings. The highest BCUT2D eigenvalue weighted by Crippen LogP contribution is 2.39. The van der Waals surface area contributed by atoms with E-state index in [0.717, 1.165) is 30.6 Å². The molecular formula is C18H15NO3. The van der Waals surface area contributed by atoms with E-state index in [4.69, 9.17) is 0 Å². The van der Waals surface area contributed by atoms with Gasteiger partial charge in [-0.25, -0.2) is 0 Å². The summed E-state index contributed by atoms with van der Waals surface area (Å²) in [5.74, 6) is -1.06. The lowest BCUT2D eigenvalue weighted by molar-refractivity contribution is 0.0321. The number of fused-ring (bicyclic) bond motifs is 2. The molecule has 1 heterocycles. The summed E-state index contributed by atoms with van der Waals surface area (Å²) in [6.07, 6.45) is 1.87. The maximum absolute atomic E-state index is 12.6. The predicted octanol–water partition coefficient (Wildman–Crippen LogP) is 2.31. The molecule has 1 aliphatic heterocycles. The number of aryl methyl sites for hydroxylation is 1. The number of hydrogen-bond acceptors (Lipinski definition) is 4. The molecule has 0 radical (unpaired) electrons. The second kappa shape index (κ2) is 4.52. The lowest BCUT2D eigenvalue weighted by Gasteiger charge is -2.24. The molecule has 4 rings (SSSR count). The van der Waals surface area contributed by atoms with Gasteiger partial charge in [-0.2, -0.15) is 0 Å². The largest absolute Gasteiger partial charge is 0.385 e. The third kappa shape index (κ3) is 1.61. The van der Waals surface area contributed by atoms with Crippen molar-refractivity contribution in [2.75, 3.05) is 11.9 Å². The smallest absolute Gasteiger partial charge is 0.216 e. The van der Waals surface area contributed by atoms with Crippen LogP contribution in [0.1, 0.15) is 38.3 Å². The predicted molar refractivity (Wildman–Crippen MR) is 82.3 cm³/mol. The Labute approximate surface area is 127 Å². The maximum atomic E-state index is 12.6. The molecule has 0 spiro atoms. The Kier molecular flexibility index (Phi) is 2.71. The van der Waals surface area contributed by atoms with Crippen LogP contribution in [0.25, 0.3) is 0 Å². The average molecular weight is 293 g/mol. The Morgan fingerprint density at radius 1 is 1.00 bits per heavy atom. The second-order valence-electron chi connectivity index (χ2n) is 5.82. The van der Waals surface area contributed by atoms with Crippen LogP contribution in [0.4, 0.5) is 5.69 Å². The first-order valence-corrected chi connectivity index (χ1v) is 7.40. The number of hydrogen-bond donors (Lipinski definition) is 2. The minimum Gasteiger partial charge on any atom is -0.385 e. The number of aliphatic hydroxyl groups is 1. The van der Waals surface area contributed by atoms with E-state index in [9.17, 15) is 14.7 Å². The third-order valence-electron chi connectivity index (χ3n) is 4.53. The highest BCUT2D eigenvalue weighted by molar-refractivity contribution is 6.31. The van der Waals surface area contributed by atoms with Gasteiger partial charge >= 0.3 is 0 Å². The molecule has 0 saturated heterocycles. The van der Waals surface area contributed by atoms with E-state index in [1.807, 2.05) is 6.07 Å². The molecular weight excluding hydrogens is 278 g/mol. The van der Waals surface area contributed by atoms with Crippen LogP contribution in [0.5, 0.6) is 0 Å². The first-order chi connectivity index (χ1) is 10.6. The molecule has 22 heavy (non-hydrogen) atoms. The molecule has 110 valence electrons. The molecule has 2 aromatic rings. The van der Waals surface area contributed by atoms with Crippen molar-refractivity contribution in [2.24, 2.45) is 0 Å². The van der Waals surface area contributed by atoms with Gasteiger partial charge in [0.25, 0.3) is 0 Å². The van der Waals surface area contributed by atoms with Crippen molar-refractivity contribution in [1.82, 2.24) is 0 Å². The Hall–Kier alpha value is -2.46. The first-order valence-electron chi connectivity index (χ1n) is 7.40. The molecule has 0 aromatic heterocycles. The SMILES string of the molecule is O=C1c2ccccc2C(=O)C1(O)c1ccc2c(c1)CCCN2. The van der Waals surface area contributed by atoms with Gasteiger partial charge < -0.3 is 10.4 Å². The summed E-state index contributed by atoms with van der Waals surface area (Å²) in [6, 6.07) is 11.9. The van der Waals surface area contributed by atoms with Gasteiger partial charge in [0.2, 0.25) is 17.2 Å². The average Bonchev–Trinajstić information content (AvgIpc) is 2.77. The fraction of sp³-hybridized carbons (Fsp3) is 0.222. The number of carbonyl (C=O) groups is 2. The summed E-state index contributed by atoms with van der Waals surface area (Å²) in [4.78, 5) is 25.2. The number of anilines is 1. The van der Waals surface area contributed by atoms with Gasteiger partial charge in [0.1, 0.15) is 0 Å². The first kappa shape index (κ1) is 13.2. The van der Waals surface area contributed by atoms with Crippen molar-refractivity contribution >= 4 is 17.3 Å². The van der Waals surface area contributed by atoms with Crippen LogP contribution in [-0.2, 0) is 12.0 Å². The fourth-order valence-corrected chi connectivity index (χ4v) is 3.33. The van der Waals surface area contributed by atoms with Crippen molar-refractivity contribution in [3.8, 4) is 0 Å². The zero-order valence-corrected chi connectivity index (χ0v) is 11.9. The Morgan fingerprint density at radius 3 is 2.36 bits per heavy atom. The minimum atomic E-state index is -2.09. The number of benzene rings is 2. The van der Waals surface area contributed by atoms with E-state index in [-0.39, 0.29) is 0 Å². The van der Waals surface area contributed by atoms with E-state index >= 15 is 0 Å². The van der Waals surface area contributed by atoms with Gasteiger partial charge in [-0.05, 0) is 36.1 Å². The lowest BCUT2D eigenvalue weighted by atomic mass is 9.86. The molecule has 2 aromatic carbocycles. The molecule has 0 saturated carbocycles. The van der Waals surface area contributed by atoms with Crippen LogP contribution in [-0.4, -0.2) is 23.2 Å². The van der Waals surface area contributed by atoms with Crippen LogP contribution in [0, 0.1) is 0 Å². The summed E-state index contributed by atoms with van der Waals surface area (Å²) in [5.41, 5.74) is 0.913. The number of Topliss-reactive ketones (excluding diaryl/α,β-unsaturated/α-hetero) is 2. The Bertz CT molecular complexity index is 775. The standard InChI is InChI=1S/C18H15NO3/c20-16-13-5-1-2-6-14(13)17(21)18(16,22)12-7-8-15-11(10-12)4-3-9-19-15/h1-2,5-8,10,19,22H,3-4,9H2. The zero-order chi connectivity index (χ0) is 15.3. The quantitative estimate of drug-likeness (QED) is 0.792. The van der Waals surface area contributed by atoms with Gasteiger partial charge in [0, 0.05) is 23.4 Å². The van der Waals surface area contributed by atoms with E-state index in [1.54, 1.807) is 36.4 Å². The molecule has 4 nitrogen and oxygen atoms in total. The minimum absolute atomic E-state index is 0.297. The van der Waals surface area contributed by atoms with Crippen molar-refractivity contribution in [2.45, 2.75) is 18.4 Å². The normalized spacial score (nSPS) is 18.6. The highest BCUT2D eigenvalue weighted by atomic mass is 16.3. The van der Waals surface area contributed by atoms with Crippen LogP contribution < -0.4 is 5.32 Å². The fourth-order valence-electron chi connectivity index (χ4n) is 3.33. The van der Waals surface area contributed by atoms with Crippen LogP contribution >= 0.6 is 0 Å². The topological polar surface area (TPSA) is 66.4 Å². The van der Waals surface area contributed by atoms with Crippen LogP contribution in [0.15, 0.2) is 42.5 Å². The number of ketones is 2. The van der Waals surface area contributed by atoms with Gasteiger partial charge in [-0.3, -0.25) is 9.59 Å².